The quantitative estimate of drug-likeness (QED) is 0.644. The van der Waals surface area contributed by atoms with Crippen molar-refractivity contribution in [1.82, 2.24) is 4.90 Å². The number of ether oxygens (including phenoxy) is 1. The maximum absolute atomic E-state index is 12.2. The minimum absolute atomic E-state index is 0.0861. The standard InChI is InChI=1S/C25H35NO2/c1-4-26(5-2)18-10-17-25(27)23-15-7-6-11-20(23)12-9-16-24(25)21-13-8-14-22(19-21)28-3/h6-8,11,13-15,19,24,27H,4-5,9-10,12,16-18H2,1-3H3/t24-,25-/m1/s1. The van der Waals surface area contributed by atoms with E-state index in [0.717, 1.165) is 63.1 Å². The third-order valence-corrected chi connectivity index (χ3v) is 6.42. The average Bonchev–Trinajstić information content (AvgIpc) is 2.88. The van der Waals surface area contributed by atoms with Crippen LogP contribution >= 0.6 is 0 Å². The molecule has 28 heavy (non-hydrogen) atoms. The number of hydrogen-bond acceptors (Lipinski definition) is 3. The van der Waals surface area contributed by atoms with Crippen LogP contribution in [0.3, 0.4) is 0 Å². The van der Waals surface area contributed by atoms with Gasteiger partial charge >= 0.3 is 0 Å². The van der Waals surface area contributed by atoms with Gasteiger partial charge in [0.1, 0.15) is 5.75 Å². The largest absolute Gasteiger partial charge is 0.497 e. The maximum atomic E-state index is 12.2. The second-order valence-corrected chi connectivity index (χ2v) is 7.93. The number of benzene rings is 2. The summed E-state index contributed by atoms with van der Waals surface area (Å²) in [6, 6.07) is 16.8. The number of aliphatic hydroxyl groups is 1. The van der Waals surface area contributed by atoms with E-state index >= 15 is 0 Å². The Hall–Kier alpha value is -1.84. The second-order valence-electron chi connectivity index (χ2n) is 7.93. The van der Waals surface area contributed by atoms with Gasteiger partial charge in [-0.05, 0) is 80.6 Å². The molecule has 0 amide bonds. The van der Waals surface area contributed by atoms with E-state index in [2.05, 4.69) is 55.1 Å². The zero-order valence-corrected chi connectivity index (χ0v) is 17.7. The first kappa shape index (κ1) is 20.9. The van der Waals surface area contributed by atoms with Crippen LogP contribution in [0.25, 0.3) is 0 Å². The summed E-state index contributed by atoms with van der Waals surface area (Å²) in [6.07, 6.45) is 4.89. The van der Waals surface area contributed by atoms with Crippen molar-refractivity contribution in [3.8, 4) is 5.75 Å². The predicted octanol–water partition coefficient (Wildman–Crippen LogP) is 5.12. The van der Waals surface area contributed by atoms with Crippen molar-refractivity contribution in [2.24, 2.45) is 0 Å². The Bertz CT molecular complexity index is 756. The molecule has 0 saturated heterocycles. The molecule has 2 aromatic rings. The molecule has 0 unspecified atom stereocenters. The van der Waals surface area contributed by atoms with Gasteiger partial charge in [0.2, 0.25) is 0 Å². The van der Waals surface area contributed by atoms with Gasteiger partial charge in [-0.1, -0.05) is 50.2 Å². The normalized spacial score (nSPS) is 22.0. The fourth-order valence-corrected chi connectivity index (χ4v) is 4.81. The van der Waals surface area contributed by atoms with Crippen molar-refractivity contribution < 1.29 is 9.84 Å². The summed E-state index contributed by atoms with van der Waals surface area (Å²) < 4.78 is 5.47. The third-order valence-electron chi connectivity index (χ3n) is 6.42. The van der Waals surface area contributed by atoms with Gasteiger partial charge in [-0.3, -0.25) is 0 Å². The molecular weight excluding hydrogens is 346 g/mol. The van der Waals surface area contributed by atoms with Gasteiger partial charge in [0.05, 0.1) is 12.7 Å². The van der Waals surface area contributed by atoms with Gasteiger partial charge in [0, 0.05) is 5.92 Å². The molecule has 0 bridgehead atoms. The number of fused-ring (bicyclic) bond motifs is 1. The van der Waals surface area contributed by atoms with E-state index in [1.165, 1.54) is 11.1 Å². The molecule has 0 heterocycles. The molecule has 3 nitrogen and oxygen atoms in total. The van der Waals surface area contributed by atoms with Crippen LogP contribution in [0, 0.1) is 0 Å². The molecule has 0 radical (unpaired) electrons. The fourth-order valence-electron chi connectivity index (χ4n) is 4.81. The lowest BCUT2D eigenvalue weighted by Gasteiger charge is -2.37. The van der Waals surface area contributed by atoms with E-state index < -0.39 is 5.60 Å². The highest BCUT2D eigenvalue weighted by molar-refractivity contribution is 5.40. The minimum atomic E-state index is -0.841. The Morgan fingerprint density at radius 2 is 1.89 bits per heavy atom. The lowest BCUT2D eigenvalue weighted by molar-refractivity contribution is -0.00674. The third kappa shape index (κ3) is 4.42. The van der Waals surface area contributed by atoms with Crippen LogP contribution in [-0.2, 0) is 12.0 Å². The monoisotopic (exact) mass is 381 g/mol. The molecular formula is C25H35NO2. The molecule has 2 atom stereocenters. The summed E-state index contributed by atoms with van der Waals surface area (Å²) >= 11 is 0. The number of nitrogens with zero attached hydrogens (tertiary/aromatic N) is 1. The topological polar surface area (TPSA) is 32.7 Å². The Kier molecular flexibility index (Phi) is 7.14. The van der Waals surface area contributed by atoms with Gasteiger partial charge < -0.3 is 14.7 Å². The molecule has 0 saturated carbocycles. The van der Waals surface area contributed by atoms with Crippen molar-refractivity contribution >= 4 is 0 Å². The first-order chi connectivity index (χ1) is 13.6. The summed E-state index contributed by atoms with van der Waals surface area (Å²) in [5.74, 6) is 0.948. The Morgan fingerprint density at radius 3 is 2.64 bits per heavy atom. The van der Waals surface area contributed by atoms with Crippen LogP contribution < -0.4 is 4.74 Å². The van der Waals surface area contributed by atoms with E-state index in [4.69, 9.17) is 4.74 Å². The molecule has 0 aromatic heterocycles. The van der Waals surface area contributed by atoms with Crippen LogP contribution in [0.2, 0.25) is 0 Å². The van der Waals surface area contributed by atoms with Gasteiger partial charge in [-0.2, -0.15) is 0 Å². The van der Waals surface area contributed by atoms with Crippen LogP contribution in [0.5, 0.6) is 5.75 Å². The van der Waals surface area contributed by atoms with Crippen molar-refractivity contribution in [2.45, 2.75) is 57.5 Å². The van der Waals surface area contributed by atoms with Crippen LogP contribution in [0.1, 0.15) is 62.1 Å². The lowest BCUT2D eigenvalue weighted by Crippen LogP contribution is -2.35. The van der Waals surface area contributed by atoms with E-state index in [1.54, 1.807) is 7.11 Å². The van der Waals surface area contributed by atoms with Crippen LogP contribution in [-0.4, -0.2) is 36.8 Å². The van der Waals surface area contributed by atoms with E-state index in [1.807, 2.05) is 12.1 Å². The molecule has 0 fully saturated rings. The Morgan fingerprint density at radius 1 is 1.11 bits per heavy atom. The number of hydrogen-bond donors (Lipinski definition) is 1. The zero-order valence-electron chi connectivity index (χ0n) is 17.7. The SMILES string of the molecule is CCN(CC)CCC[C@@]1(O)c2ccccc2CCC[C@@H]1c1cccc(OC)c1. The smallest absolute Gasteiger partial charge is 0.119 e. The lowest BCUT2D eigenvalue weighted by atomic mass is 9.73. The van der Waals surface area contributed by atoms with E-state index in [-0.39, 0.29) is 5.92 Å². The van der Waals surface area contributed by atoms with Gasteiger partial charge in [0.25, 0.3) is 0 Å². The van der Waals surface area contributed by atoms with Crippen molar-refractivity contribution in [3.05, 3.63) is 65.2 Å². The van der Waals surface area contributed by atoms with Crippen molar-refractivity contribution in [1.29, 1.82) is 0 Å². The second kappa shape index (κ2) is 9.58. The van der Waals surface area contributed by atoms with E-state index in [9.17, 15) is 5.11 Å². The molecule has 0 spiro atoms. The molecule has 3 heteroatoms. The fraction of sp³-hybridized carbons (Fsp3) is 0.520. The van der Waals surface area contributed by atoms with Crippen LogP contribution in [0.15, 0.2) is 48.5 Å². The highest BCUT2D eigenvalue weighted by Gasteiger charge is 2.41. The van der Waals surface area contributed by atoms with Gasteiger partial charge in [0.15, 0.2) is 0 Å². The minimum Gasteiger partial charge on any atom is -0.497 e. The number of methoxy groups -OCH3 is 1. The molecule has 2 aromatic carbocycles. The highest BCUT2D eigenvalue weighted by Crippen LogP contribution is 2.47. The molecule has 0 aliphatic heterocycles. The predicted molar refractivity (Wildman–Crippen MR) is 116 cm³/mol. The summed E-state index contributed by atoms with van der Waals surface area (Å²) in [6.45, 7) is 7.56. The van der Waals surface area contributed by atoms with Crippen molar-refractivity contribution in [3.63, 3.8) is 0 Å². The highest BCUT2D eigenvalue weighted by atomic mass is 16.5. The summed E-state index contributed by atoms with van der Waals surface area (Å²) in [4.78, 5) is 2.44. The van der Waals surface area contributed by atoms with E-state index in [0.29, 0.717) is 0 Å². The molecule has 1 aliphatic carbocycles. The van der Waals surface area contributed by atoms with Gasteiger partial charge in [-0.25, -0.2) is 0 Å². The number of rotatable bonds is 8. The first-order valence-corrected chi connectivity index (χ1v) is 10.8. The maximum Gasteiger partial charge on any atom is 0.119 e. The molecule has 1 N–H and O–H groups in total. The Labute approximate surface area is 170 Å². The average molecular weight is 382 g/mol. The Balaban J connectivity index is 1.96. The molecule has 3 rings (SSSR count). The first-order valence-electron chi connectivity index (χ1n) is 10.8. The van der Waals surface area contributed by atoms with Crippen molar-refractivity contribution in [2.75, 3.05) is 26.7 Å². The summed E-state index contributed by atoms with van der Waals surface area (Å²) in [5.41, 5.74) is 2.77. The molecule has 152 valence electrons. The summed E-state index contributed by atoms with van der Waals surface area (Å²) in [7, 11) is 1.71. The zero-order chi connectivity index (χ0) is 20.0. The number of aryl methyl sites for hydroxylation is 1. The van der Waals surface area contributed by atoms with Gasteiger partial charge in [-0.15, -0.1) is 0 Å². The molecule has 1 aliphatic rings. The van der Waals surface area contributed by atoms with Crippen LogP contribution in [0.4, 0.5) is 0 Å². The summed E-state index contributed by atoms with van der Waals surface area (Å²) in [5, 5.41) is 12.2.